The van der Waals surface area contributed by atoms with E-state index in [1.54, 1.807) is 35.5 Å². The Balaban J connectivity index is -0.0000000951. The fraction of sp³-hybridized carbons (Fsp3) is 1.00. The van der Waals surface area contributed by atoms with Gasteiger partial charge >= 0.3 is 0 Å². The highest BCUT2D eigenvalue weighted by Crippen LogP contribution is 2.02. The zero-order valence-corrected chi connectivity index (χ0v) is 24.8. The Kier molecular flexibility index (Phi) is 50.0. The van der Waals surface area contributed by atoms with Gasteiger partial charge in [-0.1, -0.05) is 60.8 Å². The Morgan fingerprint density at radius 1 is 0.625 bits per heavy atom. The number of hydrogen-bond acceptors (Lipinski definition) is 5. The molecule has 0 saturated carbocycles. The van der Waals surface area contributed by atoms with Gasteiger partial charge in [-0.3, -0.25) is 0 Å². The maximum Gasteiger partial charge on any atom is 0.0594 e. The lowest BCUT2D eigenvalue weighted by molar-refractivity contribution is 0.0397. The molecule has 0 aromatic heterocycles. The van der Waals surface area contributed by atoms with Crippen LogP contribution in [0.25, 0.3) is 0 Å². The monoisotopic (exact) mass is 468 g/mol. The van der Waals surface area contributed by atoms with Crippen molar-refractivity contribution in [2.24, 2.45) is 5.92 Å². The zero-order chi connectivity index (χ0) is 26.3. The van der Waals surface area contributed by atoms with Crippen LogP contribution >= 0.6 is 0 Å². The molecule has 0 fully saturated rings. The Morgan fingerprint density at radius 3 is 1.16 bits per heavy atom. The van der Waals surface area contributed by atoms with Crippen molar-refractivity contribution in [2.75, 3.05) is 55.4 Å². The molecule has 202 valence electrons. The second kappa shape index (κ2) is 38.1. The molecule has 0 N–H and O–H groups in total. The van der Waals surface area contributed by atoms with Crippen molar-refractivity contribution < 1.29 is 23.7 Å². The summed E-state index contributed by atoms with van der Waals surface area (Å²) < 4.78 is 24.4. The van der Waals surface area contributed by atoms with Crippen molar-refractivity contribution in [3.8, 4) is 0 Å². The van der Waals surface area contributed by atoms with E-state index in [9.17, 15) is 0 Å². The van der Waals surface area contributed by atoms with Crippen LogP contribution in [0.2, 0.25) is 0 Å². The second-order valence-electron chi connectivity index (χ2n) is 8.89. The zero-order valence-electron chi connectivity index (χ0n) is 24.8. The minimum Gasteiger partial charge on any atom is -0.385 e. The number of ether oxygens (including phenoxy) is 5. The average Bonchev–Trinajstić information content (AvgIpc) is 2.75. The summed E-state index contributed by atoms with van der Waals surface area (Å²) in [6, 6.07) is 0. The molecule has 0 bridgehead atoms. The lowest BCUT2D eigenvalue weighted by atomic mass is 10.2. The minimum atomic E-state index is 0.0417. The van der Waals surface area contributed by atoms with Gasteiger partial charge in [0, 0.05) is 55.4 Å². The summed E-state index contributed by atoms with van der Waals surface area (Å²) >= 11 is 0. The van der Waals surface area contributed by atoms with Crippen molar-refractivity contribution in [3.05, 3.63) is 0 Å². The van der Waals surface area contributed by atoms with E-state index in [2.05, 4.69) is 41.5 Å². The van der Waals surface area contributed by atoms with Crippen LogP contribution in [0.1, 0.15) is 107 Å². The fourth-order valence-corrected chi connectivity index (χ4v) is 1.74. The smallest absolute Gasteiger partial charge is 0.0594 e. The van der Waals surface area contributed by atoms with E-state index >= 15 is 0 Å². The molecule has 0 aliphatic rings. The maximum atomic E-state index is 5.05. The third-order valence-electron chi connectivity index (χ3n) is 4.01. The first kappa shape index (κ1) is 42.0. The molecule has 0 heterocycles. The van der Waals surface area contributed by atoms with Gasteiger partial charge in [0.05, 0.1) is 11.7 Å². The topological polar surface area (TPSA) is 46.2 Å². The molecule has 0 atom stereocenters. The summed E-state index contributed by atoms with van der Waals surface area (Å²) in [4.78, 5) is 0. The van der Waals surface area contributed by atoms with Crippen LogP contribution in [-0.2, 0) is 23.7 Å². The second-order valence-corrected chi connectivity index (χ2v) is 8.89. The Hall–Kier alpha value is -0.200. The first-order valence-corrected chi connectivity index (χ1v) is 12.6. The van der Waals surface area contributed by atoms with Gasteiger partial charge in [0.15, 0.2) is 0 Å². The number of unbranched alkanes of at least 4 members (excludes halogenated alkanes) is 3. The van der Waals surface area contributed by atoms with Crippen LogP contribution in [0.3, 0.4) is 0 Å². The number of methoxy groups -OCH3 is 5. The molecular formula is C27H64O5. The van der Waals surface area contributed by atoms with Crippen molar-refractivity contribution >= 4 is 0 Å². The maximum absolute atomic E-state index is 5.05. The minimum absolute atomic E-state index is 0.0417. The SMILES string of the molecule is CCC(CC)OC.CCCCCOC.CCCCOC.COC(C)(C)C.COCC(C)C. The summed E-state index contributed by atoms with van der Waals surface area (Å²) in [5, 5.41) is 0. The predicted molar refractivity (Wildman–Crippen MR) is 143 cm³/mol. The van der Waals surface area contributed by atoms with E-state index in [1.807, 2.05) is 20.8 Å². The Morgan fingerprint density at radius 2 is 1.03 bits per heavy atom. The average molecular weight is 469 g/mol. The fourth-order valence-electron chi connectivity index (χ4n) is 1.74. The molecule has 0 amide bonds. The normalized spacial score (nSPS) is 10.1. The van der Waals surface area contributed by atoms with Gasteiger partial charge in [0.2, 0.25) is 0 Å². The molecule has 0 radical (unpaired) electrons. The van der Waals surface area contributed by atoms with Gasteiger partial charge in [0.25, 0.3) is 0 Å². The lowest BCUT2D eigenvalue weighted by Gasteiger charge is -2.14. The molecule has 5 heteroatoms. The van der Waals surface area contributed by atoms with Crippen LogP contribution in [-0.4, -0.2) is 67.1 Å². The van der Waals surface area contributed by atoms with Crippen molar-refractivity contribution in [2.45, 2.75) is 119 Å². The molecule has 0 aliphatic carbocycles. The molecule has 0 aromatic carbocycles. The lowest BCUT2D eigenvalue weighted by Crippen LogP contribution is -2.15. The Bertz CT molecular complexity index is 248. The van der Waals surface area contributed by atoms with E-state index < -0.39 is 0 Å². The third kappa shape index (κ3) is 69.9. The molecule has 5 nitrogen and oxygen atoms in total. The van der Waals surface area contributed by atoms with Crippen LogP contribution in [0.5, 0.6) is 0 Å². The third-order valence-corrected chi connectivity index (χ3v) is 4.01. The quantitative estimate of drug-likeness (QED) is 0.273. The Labute approximate surface area is 204 Å². The molecular weight excluding hydrogens is 404 g/mol. The van der Waals surface area contributed by atoms with Gasteiger partial charge in [-0.05, 0) is 52.4 Å². The summed E-state index contributed by atoms with van der Waals surface area (Å²) in [5.41, 5.74) is 0.0417. The molecule has 0 unspecified atom stereocenters. The van der Waals surface area contributed by atoms with E-state index in [0.29, 0.717) is 12.0 Å². The summed E-state index contributed by atoms with van der Waals surface area (Å²) in [5.74, 6) is 0.676. The highest BCUT2D eigenvalue weighted by Gasteiger charge is 2.04. The van der Waals surface area contributed by atoms with E-state index in [-0.39, 0.29) is 5.60 Å². The highest BCUT2D eigenvalue weighted by atomic mass is 16.5. The first-order chi connectivity index (χ1) is 15.0. The number of rotatable bonds is 12. The van der Waals surface area contributed by atoms with E-state index in [1.165, 1.54) is 32.1 Å². The molecule has 32 heavy (non-hydrogen) atoms. The molecule has 0 rings (SSSR count). The summed E-state index contributed by atoms with van der Waals surface area (Å²) in [6.45, 7) is 21.6. The van der Waals surface area contributed by atoms with Crippen LogP contribution in [0.15, 0.2) is 0 Å². The van der Waals surface area contributed by atoms with Crippen molar-refractivity contribution in [1.82, 2.24) is 0 Å². The van der Waals surface area contributed by atoms with Gasteiger partial charge in [-0.2, -0.15) is 0 Å². The number of hydrogen-bond donors (Lipinski definition) is 0. The van der Waals surface area contributed by atoms with Crippen LogP contribution < -0.4 is 0 Å². The summed E-state index contributed by atoms with van der Waals surface area (Å²) in [6.07, 6.45) is 8.97. The van der Waals surface area contributed by atoms with Gasteiger partial charge in [-0.15, -0.1) is 0 Å². The highest BCUT2D eigenvalue weighted by molar-refractivity contribution is 4.55. The molecule has 0 aromatic rings. The van der Waals surface area contributed by atoms with Crippen LogP contribution in [0, 0.1) is 5.92 Å². The first-order valence-electron chi connectivity index (χ1n) is 12.6. The van der Waals surface area contributed by atoms with E-state index in [4.69, 9.17) is 23.7 Å². The van der Waals surface area contributed by atoms with Gasteiger partial charge < -0.3 is 23.7 Å². The van der Waals surface area contributed by atoms with Gasteiger partial charge in [-0.25, -0.2) is 0 Å². The molecule has 0 spiro atoms. The van der Waals surface area contributed by atoms with Crippen molar-refractivity contribution in [3.63, 3.8) is 0 Å². The standard InChI is InChI=1S/2C6H14O.3C5H12O/c1-4-6(5-2)7-3;1-3-4-5-6-7-2;1-5(2)4-6-3;1-5(2,3)6-4;1-3-4-5-6-2/h6H,4-5H2,1-3H3;3-6H2,1-2H3;5H,4H2,1-3H3;1-4H3;3-5H2,1-2H3. The van der Waals surface area contributed by atoms with E-state index in [0.717, 1.165) is 32.7 Å². The predicted octanol–water partition coefficient (Wildman–Crippen LogP) is 7.80. The van der Waals surface area contributed by atoms with Gasteiger partial charge in [0.1, 0.15) is 0 Å². The largest absolute Gasteiger partial charge is 0.385 e. The van der Waals surface area contributed by atoms with Crippen LogP contribution in [0.4, 0.5) is 0 Å². The summed E-state index contributed by atoms with van der Waals surface area (Å²) in [7, 11) is 8.67. The molecule has 0 saturated heterocycles. The van der Waals surface area contributed by atoms with Crippen molar-refractivity contribution in [1.29, 1.82) is 0 Å². The molecule has 0 aliphatic heterocycles.